The number of carbonyl (C=O) groups excluding carboxylic acids is 3. The minimum Gasteiger partial charge on any atom is -0.399 e. The molecule has 13 heterocycles. The standard InChI is InChI=1S/C26H28ClN3O3.C23H28BClN2O4.C17H16BrClN2O2.2C9H12BrNO.C9H12BrN.C7H8BrN.C6H6BrN/c1-26(2,16-31)24-13-17(5-8-29-24)19-11-20(15-28-14-19)22-4-3-18(12-23(22)27)25(33)30-9-6-21(32)7-10-30;1-22(2)23(3,4)31-24(30-22)17-11-16(13-26-14-17)19-6-5-15(12-20(19)25)21(29)27-9-7-18(28)8-10-27;18-13-7-12(9-20-10-13)15-2-1-11(8-16(15)19)17(23)21-5-3-14(22)4-6-21;2*1-9(2,6-12)8-5-7(10)3-4-11-8;1-9(2,3)8-6-7(10)4-5-11-8;1-2-7-5-6(8)3-4-9-7;1-5-4-6(7)2-3-8-5/h3-5,8,11-15,21,31-32H,6-7,9-10,16H2,1-2H3;5-6,11-14,18,28H,7-10H2,1-4H3;1-2,7-10,14,22H,3-6H2;2*3-5,12H,6H2,1-2H3;4-6H,1-3H3;3-5H,2H2,1H3;2-4H,1H3. The zero-order valence-corrected chi connectivity index (χ0v) is 92.7. The number of rotatable bonds is 15. The average molecular weight is 2340 g/mol. The molecule has 3 amide bonds. The van der Waals surface area contributed by atoms with E-state index in [1.807, 2.05) is 192 Å². The van der Waals surface area contributed by atoms with Crippen LogP contribution in [0, 0.1) is 6.92 Å². The van der Waals surface area contributed by atoms with Crippen LogP contribution in [-0.2, 0) is 37.4 Å². The summed E-state index contributed by atoms with van der Waals surface area (Å²) in [6, 6.07) is 45.2. The Balaban J connectivity index is 0.000000187. The van der Waals surface area contributed by atoms with Crippen molar-refractivity contribution in [3.63, 3.8) is 0 Å². The molecule has 0 aliphatic carbocycles. The van der Waals surface area contributed by atoms with Crippen molar-refractivity contribution in [2.75, 3.05) is 59.1 Å². The predicted molar refractivity (Wildman–Crippen MR) is 577 cm³/mol. The van der Waals surface area contributed by atoms with E-state index in [9.17, 15) is 34.8 Å². The number of benzene rings is 3. The van der Waals surface area contributed by atoms with Crippen LogP contribution in [0.1, 0.15) is 201 Å². The molecule has 6 N–H and O–H groups in total. The third-order valence-corrected chi connectivity index (χ3v) is 27.7. The Morgan fingerprint density at radius 3 is 1.04 bits per heavy atom. The summed E-state index contributed by atoms with van der Waals surface area (Å²) in [4.78, 5) is 81.6. The number of aromatic nitrogens is 9. The van der Waals surface area contributed by atoms with E-state index in [1.165, 1.54) is 0 Å². The molecule has 0 atom stereocenters. The summed E-state index contributed by atoms with van der Waals surface area (Å²) in [5, 5.41) is 58.2. The van der Waals surface area contributed by atoms with Crippen LogP contribution in [0.25, 0.3) is 44.5 Å². The van der Waals surface area contributed by atoms with Crippen LogP contribution in [0.4, 0.5) is 0 Å². The highest BCUT2D eigenvalue weighted by atomic mass is 79.9. The summed E-state index contributed by atoms with van der Waals surface area (Å²) in [7, 11) is -0.508. The van der Waals surface area contributed by atoms with Crippen LogP contribution < -0.4 is 5.46 Å². The van der Waals surface area contributed by atoms with Crippen LogP contribution >= 0.6 is 130 Å². The molecule has 4 saturated heterocycles. The highest BCUT2D eigenvalue weighted by Gasteiger charge is 2.52. The molecule has 4 aliphatic rings. The van der Waals surface area contributed by atoms with Crippen molar-refractivity contribution >= 4 is 161 Å². The molecule has 139 heavy (non-hydrogen) atoms. The van der Waals surface area contributed by atoms with Crippen LogP contribution in [0.15, 0.2) is 247 Å². The van der Waals surface area contributed by atoms with Crippen molar-refractivity contribution in [1.29, 1.82) is 0 Å². The Hall–Kier alpha value is -8.09. The SMILES string of the molecule is CC(C)(C)c1cc(Br)ccn1.CC(C)(CO)c1cc(-c2cncc(-c3ccc(C(=O)N4CCC(O)CC4)cc3Cl)c2)ccn1.CC(C)(CO)c1cc(Br)ccn1.CC(C)(CO)c1cc(Br)ccn1.CC1(C)OB(c2cncc(-c3ccc(C(=O)N4CCC(O)CC4)cc3Cl)c2)OC1(C)C.CCc1cc(Br)ccn1.Cc1cc(Br)ccn1.O=C(c1ccc(-c2cncc(Br)c2)c(Cl)c1)N1CCC(O)CC1. The fourth-order valence-electron chi connectivity index (χ4n) is 14.2. The van der Waals surface area contributed by atoms with Gasteiger partial charge in [-0.2, -0.15) is 0 Å². The molecule has 4 aliphatic heterocycles. The number of halogens is 9. The fourth-order valence-corrected chi connectivity index (χ4v) is 17.2. The van der Waals surface area contributed by atoms with Gasteiger partial charge in [-0.1, -0.05) is 208 Å². The number of likely N-dealkylation sites (tertiary alicyclic amines) is 3. The average Bonchev–Trinajstić information content (AvgIpc) is 1.61. The van der Waals surface area contributed by atoms with E-state index in [0.717, 1.165) is 117 Å². The molecule has 0 spiro atoms. The van der Waals surface area contributed by atoms with Gasteiger partial charge in [-0.25, -0.2) is 0 Å². The van der Waals surface area contributed by atoms with E-state index in [-0.39, 0.29) is 72.1 Å². The third kappa shape index (κ3) is 34.3. The normalized spacial score (nSPS) is 14.9. The molecular weight excluding hydrogens is 2210 g/mol. The highest BCUT2D eigenvalue weighted by molar-refractivity contribution is 9.11. The highest BCUT2D eigenvalue weighted by Crippen LogP contribution is 2.40. The topological polar surface area (TPSA) is 317 Å². The van der Waals surface area contributed by atoms with E-state index in [0.29, 0.717) is 110 Å². The van der Waals surface area contributed by atoms with Crippen molar-refractivity contribution in [3.05, 3.63) is 313 Å². The first-order valence-corrected chi connectivity index (χ1v) is 51.6. The quantitative estimate of drug-likeness (QED) is 0.0519. The molecule has 738 valence electrons. The van der Waals surface area contributed by atoms with Crippen LogP contribution in [0.5, 0.6) is 0 Å². The zero-order chi connectivity index (χ0) is 102. The van der Waals surface area contributed by atoms with Crippen molar-refractivity contribution < 1.29 is 54.3 Å². The molecule has 0 bridgehead atoms. The van der Waals surface area contributed by atoms with Gasteiger partial charge in [0.05, 0.1) is 49.3 Å². The van der Waals surface area contributed by atoms with E-state index >= 15 is 0 Å². The number of aliphatic hydroxyl groups is 6. The zero-order valence-electron chi connectivity index (χ0n) is 80.9. The van der Waals surface area contributed by atoms with Gasteiger partial charge in [0.25, 0.3) is 17.7 Å². The summed E-state index contributed by atoms with van der Waals surface area (Å²) in [6.45, 7) is 33.9. The lowest BCUT2D eigenvalue weighted by molar-refractivity contribution is 0.00578. The molecule has 9 aromatic heterocycles. The first-order valence-electron chi connectivity index (χ1n) is 45.7. The molecule has 23 nitrogen and oxygen atoms in total. The van der Waals surface area contributed by atoms with Crippen LogP contribution in [0.2, 0.25) is 15.1 Å². The molecule has 0 saturated carbocycles. The number of piperidine rings is 3. The second kappa shape index (κ2) is 53.0. The Bertz CT molecular complexity index is 5990. The largest absolute Gasteiger partial charge is 0.496 e. The minimum atomic E-state index is -0.508. The van der Waals surface area contributed by atoms with Gasteiger partial charge >= 0.3 is 7.12 Å². The predicted octanol–water partition coefficient (Wildman–Crippen LogP) is 23.3. The number of aliphatic hydroxyl groups excluding tert-OH is 6. The maximum Gasteiger partial charge on any atom is 0.496 e. The van der Waals surface area contributed by atoms with Gasteiger partial charge < -0.3 is 54.6 Å². The first-order chi connectivity index (χ1) is 65.6. The van der Waals surface area contributed by atoms with Gasteiger partial charge in [0, 0.05) is 272 Å². The summed E-state index contributed by atoms with van der Waals surface area (Å²) >= 11 is 39.8. The Labute approximate surface area is 883 Å². The van der Waals surface area contributed by atoms with Gasteiger partial charge in [-0.05, 0) is 222 Å². The summed E-state index contributed by atoms with van der Waals surface area (Å²) in [5.41, 5.74) is 13.5. The van der Waals surface area contributed by atoms with Crippen molar-refractivity contribution in [2.24, 2.45) is 0 Å². The molecule has 4 fully saturated rings. The van der Waals surface area contributed by atoms with E-state index in [2.05, 4.69) is 174 Å². The van der Waals surface area contributed by atoms with E-state index in [1.54, 1.807) is 113 Å². The molecule has 0 unspecified atom stereocenters. The van der Waals surface area contributed by atoms with E-state index < -0.39 is 23.7 Å². The van der Waals surface area contributed by atoms with Gasteiger partial charge in [-0.3, -0.25) is 59.2 Å². The summed E-state index contributed by atoms with van der Waals surface area (Å²) in [6.07, 6.45) is 24.8. The minimum absolute atomic E-state index is 0.000426. The lowest BCUT2D eigenvalue weighted by Gasteiger charge is -2.32. The number of pyridine rings is 9. The number of aryl methyl sites for hydroxylation is 2. The number of nitrogens with zero attached hydrogens (tertiary/aromatic N) is 12. The number of carbonyl (C=O) groups is 3. The van der Waals surface area contributed by atoms with Crippen LogP contribution in [0.3, 0.4) is 0 Å². The third-order valence-electron chi connectivity index (χ3n) is 23.9. The lowest BCUT2D eigenvalue weighted by atomic mass is 9.79. The van der Waals surface area contributed by atoms with Gasteiger partial charge in [0.15, 0.2) is 0 Å². The molecule has 3 aromatic carbocycles. The summed E-state index contributed by atoms with van der Waals surface area (Å²) < 4.78 is 18.4. The molecule has 33 heteroatoms. The molecule has 16 rings (SSSR count). The van der Waals surface area contributed by atoms with Crippen molar-refractivity contribution in [3.8, 4) is 44.5 Å². The Kier molecular flexibility index (Phi) is 43.6. The first kappa shape index (κ1) is 115. The molecule has 0 radical (unpaired) electrons. The number of hydrogen-bond acceptors (Lipinski definition) is 20. The smallest absolute Gasteiger partial charge is 0.399 e. The Morgan fingerprint density at radius 1 is 0.381 bits per heavy atom. The second-order valence-corrected chi connectivity index (χ2v) is 44.6. The second-order valence-electron chi connectivity index (χ2n) is 37.9. The summed E-state index contributed by atoms with van der Waals surface area (Å²) in [5.74, 6) is -0.180. The number of amides is 3. The van der Waals surface area contributed by atoms with E-state index in [4.69, 9.17) is 54.3 Å². The maximum absolute atomic E-state index is 12.8. The van der Waals surface area contributed by atoms with Crippen LogP contribution in [-0.4, -0.2) is 204 Å². The maximum atomic E-state index is 12.8. The fraction of sp³-hybridized carbons (Fsp3) is 0.377. The van der Waals surface area contributed by atoms with Gasteiger partial charge in [0.1, 0.15) is 0 Å². The lowest BCUT2D eigenvalue weighted by Crippen LogP contribution is -2.41. The Morgan fingerprint density at radius 2 is 0.705 bits per heavy atom. The van der Waals surface area contributed by atoms with Crippen molar-refractivity contribution in [2.45, 2.75) is 200 Å². The monoisotopic (exact) mass is 2330 g/mol. The molecule has 12 aromatic rings. The number of hydrogen-bond donors (Lipinski definition) is 6. The van der Waals surface area contributed by atoms with Gasteiger partial charge in [0.2, 0.25) is 0 Å². The van der Waals surface area contributed by atoms with Crippen molar-refractivity contribution in [1.82, 2.24) is 59.6 Å². The molecular formula is C106H122BBr6Cl3N12O11. The van der Waals surface area contributed by atoms with Gasteiger partial charge in [-0.15, -0.1) is 0 Å².